The molecule has 1 aromatic carbocycles. The van der Waals surface area contributed by atoms with Crippen LogP contribution in [0.5, 0.6) is 11.5 Å². The van der Waals surface area contributed by atoms with Gasteiger partial charge in [0.1, 0.15) is 13.2 Å². The molecule has 0 spiro atoms. The van der Waals surface area contributed by atoms with Crippen molar-refractivity contribution in [2.45, 2.75) is 11.3 Å². The maximum atomic E-state index is 12.3. The second-order valence-electron chi connectivity index (χ2n) is 4.28. The number of carboxylic acids is 1. The van der Waals surface area contributed by atoms with E-state index in [2.05, 4.69) is 0 Å². The van der Waals surface area contributed by atoms with Gasteiger partial charge in [0.15, 0.2) is 11.5 Å². The molecular weight excluding hydrogens is 286 g/mol. The van der Waals surface area contributed by atoms with Gasteiger partial charge in [0, 0.05) is 19.7 Å². The SMILES string of the molecule is CN(CCC(=O)O)S(=O)(=O)c1ccc2c(c1)OCCO2. The van der Waals surface area contributed by atoms with Crippen molar-refractivity contribution in [2.24, 2.45) is 0 Å². The Balaban J connectivity index is 2.23. The molecule has 20 heavy (non-hydrogen) atoms. The molecule has 1 aliphatic rings. The second kappa shape index (κ2) is 5.68. The van der Waals surface area contributed by atoms with Crippen LogP contribution in [0.4, 0.5) is 0 Å². The van der Waals surface area contributed by atoms with Crippen molar-refractivity contribution in [3.63, 3.8) is 0 Å². The summed E-state index contributed by atoms with van der Waals surface area (Å²) in [4.78, 5) is 10.6. The van der Waals surface area contributed by atoms with Gasteiger partial charge in [-0.3, -0.25) is 4.79 Å². The van der Waals surface area contributed by atoms with Crippen LogP contribution in [0.15, 0.2) is 23.1 Å². The van der Waals surface area contributed by atoms with Crippen molar-refractivity contribution < 1.29 is 27.8 Å². The van der Waals surface area contributed by atoms with Gasteiger partial charge in [0.2, 0.25) is 10.0 Å². The Hall–Kier alpha value is -1.80. The summed E-state index contributed by atoms with van der Waals surface area (Å²) >= 11 is 0. The van der Waals surface area contributed by atoms with Crippen molar-refractivity contribution >= 4 is 16.0 Å². The van der Waals surface area contributed by atoms with Gasteiger partial charge in [-0.2, -0.15) is 0 Å². The first-order chi connectivity index (χ1) is 9.41. The maximum Gasteiger partial charge on any atom is 0.304 e. The van der Waals surface area contributed by atoms with Gasteiger partial charge in [-0.05, 0) is 12.1 Å². The van der Waals surface area contributed by atoms with Crippen molar-refractivity contribution in [2.75, 3.05) is 26.8 Å². The molecule has 0 unspecified atom stereocenters. The average molecular weight is 301 g/mol. The summed E-state index contributed by atoms with van der Waals surface area (Å²) in [7, 11) is -2.39. The molecule has 0 saturated heterocycles. The van der Waals surface area contributed by atoms with Gasteiger partial charge in [-0.25, -0.2) is 12.7 Å². The molecule has 0 radical (unpaired) electrons. The standard InChI is InChI=1S/C12H15NO6S/c1-13(5-4-12(14)15)20(16,17)9-2-3-10-11(8-9)19-7-6-18-10/h2-3,8H,4-7H2,1H3,(H,14,15). The number of hydrogen-bond donors (Lipinski definition) is 1. The molecule has 2 rings (SSSR count). The van der Waals surface area contributed by atoms with E-state index < -0.39 is 16.0 Å². The number of hydrogen-bond acceptors (Lipinski definition) is 5. The maximum absolute atomic E-state index is 12.3. The first-order valence-electron chi connectivity index (χ1n) is 5.99. The topological polar surface area (TPSA) is 93.1 Å². The van der Waals surface area contributed by atoms with Crippen molar-refractivity contribution in [3.8, 4) is 11.5 Å². The molecule has 1 N–H and O–H groups in total. The Kier molecular flexibility index (Phi) is 4.15. The largest absolute Gasteiger partial charge is 0.486 e. The van der Waals surface area contributed by atoms with Crippen LogP contribution in [0, 0.1) is 0 Å². The number of fused-ring (bicyclic) bond motifs is 1. The number of rotatable bonds is 5. The fourth-order valence-electron chi connectivity index (χ4n) is 1.74. The van der Waals surface area contributed by atoms with E-state index in [0.29, 0.717) is 24.7 Å². The molecule has 1 aliphatic heterocycles. The Labute approximate surface area is 116 Å². The van der Waals surface area contributed by atoms with E-state index in [1.807, 2.05) is 0 Å². The monoisotopic (exact) mass is 301 g/mol. The lowest BCUT2D eigenvalue weighted by Gasteiger charge is -2.20. The van der Waals surface area contributed by atoms with Gasteiger partial charge in [-0.1, -0.05) is 0 Å². The average Bonchev–Trinajstić information content (AvgIpc) is 2.44. The zero-order valence-corrected chi connectivity index (χ0v) is 11.7. The smallest absolute Gasteiger partial charge is 0.304 e. The first-order valence-corrected chi connectivity index (χ1v) is 7.43. The number of carbonyl (C=O) groups is 1. The fourth-order valence-corrected chi connectivity index (χ4v) is 2.92. The molecule has 0 amide bonds. The van der Waals surface area contributed by atoms with Crippen LogP contribution in [0.3, 0.4) is 0 Å². The third-order valence-corrected chi connectivity index (χ3v) is 4.72. The molecule has 1 heterocycles. The summed E-state index contributed by atoms with van der Waals surface area (Å²) in [5.74, 6) is -0.165. The zero-order chi connectivity index (χ0) is 14.8. The lowest BCUT2D eigenvalue weighted by atomic mass is 10.3. The highest BCUT2D eigenvalue weighted by atomic mass is 32.2. The van der Waals surface area contributed by atoms with Gasteiger partial charge in [0.05, 0.1) is 11.3 Å². The molecule has 0 atom stereocenters. The van der Waals surface area contributed by atoms with E-state index >= 15 is 0 Å². The minimum atomic E-state index is -3.73. The fraction of sp³-hybridized carbons (Fsp3) is 0.417. The molecule has 0 aliphatic carbocycles. The van der Waals surface area contributed by atoms with Crippen LogP contribution in [-0.4, -0.2) is 50.6 Å². The Bertz CT molecular complexity index is 612. The molecular formula is C12H15NO6S. The molecule has 110 valence electrons. The Morgan fingerprint density at radius 2 is 1.95 bits per heavy atom. The lowest BCUT2D eigenvalue weighted by Crippen LogP contribution is -2.29. The number of aliphatic carboxylic acids is 1. The highest BCUT2D eigenvalue weighted by Gasteiger charge is 2.23. The zero-order valence-electron chi connectivity index (χ0n) is 10.9. The van der Waals surface area contributed by atoms with Gasteiger partial charge in [0.25, 0.3) is 0 Å². The van der Waals surface area contributed by atoms with Crippen LogP contribution in [-0.2, 0) is 14.8 Å². The normalized spacial score (nSPS) is 14.3. The van der Waals surface area contributed by atoms with Crippen molar-refractivity contribution in [1.29, 1.82) is 0 Å². The van der Waals surface area contributed by atoms with E-state index in [4.69, 9.17) is 14.6 Å². The Morgan fingerprint density at radius 1 is 1.30 bits per heavy atom. The predicted molar refractivity (Wildman–Crippen MR) is 69.5 cm³/mol. The minimum Gasteiger partial charge on any atom is -0.486 e. The third kappa shape index (κ3) is 3.02. The summed E-state index contributed by atoms with van der Waals surface area (Å²) in [6.07, 6.45) is -0.250. The first kappa shape index (κ1) is 14.6. The van der Waals surface area contributed by atoms with E-state index in [1.165, 1.54) is 25.2 Å². The summed E-state index contributed by atoms with van der Waals surface area (Å²) in [6, 6.07) is 4.34. The van der Waals surface area contributed by atoms with Crippen LogP contribution in [0.1, 0.15) is 6.42 Å². The van der Waals surface area contributed by atoms with Gasteiger partial charge < -0.3 is 14.6 Å². The van der Waals surface area contributed by atoms with Gasteiger partial charge >= 0.3 is 5.97 Å². The van der Waals surface area contributed by atoms with Crippen LogP contribution in [0.2, 0.25) is 0 Å². The van der Waals surface area contributed by atoms with Crippen molar-refractivity contribution in [3.05, 3.63) is 18.2 Å². The van der Waals surface area contributed by atoms with E-state index in [9.17, 15) is 13.2 Å². The van der Waals surface area contributed by atoms with Crippen LogP contribution in [0.25, 0.3) is 0 Å². The molecule has 0 saturated carbocycles. The van der Waals surface area contributed by atoms with Gasteiger partial charge in [-0.15, -0.1) is 0 Å². The number of benzene rings is 1. The molecule has 1 aromatic rings. The molecule has 0 bridgehead atoms. The molecule has 8 heteroatoms. The minimum absolute atomic E-state index is 0.0506. The van der Waals surface area contributed by atoms with Crippen LogP contribution < -0.4 is 9.47 Å². The molecule has 7 nitrogen and oxygen atoms in total. The van der Waals surface area contributed by atoms with E-state index in [1.54, 1.807) is 0 Å². The molecule has 0 aromatic heterocycles. The summed E-state index contributed by atoms with van der Waals surface area (Å²) in [6.45, 7) is 0.703. The predicted octanol–water partition coefficient (Wildman–Crippen LogP) is 0.553. The number of nitrogens with zero attached hydrogens (tertiary/aromatic N) is 1. The highest BCUT2D eigenvalue weighted by molar-refractivity contribution is 7.89. The Morgan fingerprint density at radius 3 is 2.60 bits per heavy atom. The second-order valence-corrected chi connectivity index (χ2v) is 6.32. The van der Waals surface area contributed by atoms with Crippen molar-refractivity contribution in [1.82, 2.24) is 4.31 Å². The number of sulfonamides is 1. The molecule has 0 fully saturated rings. The lowest BCUT2D eigenvalue weighted by molar-refractivity contribution is -0.137. The third-order valence-electron chi connectivity index (χ3n) is 2.86. The van der Waals surface area contributed by atoms with E-state index in [-0.39, 0.29) is 17.9 Å². The number of carboxylic acid groups (broad SMARTS) is 1. The number of ether oxygens (including phenoxy) is 2. The summed E-state index contributed by atoms with van der Waals surface area (Å²) in [5.41, 5.74) is 0. The summed E-state index contributed by atoms with van der Waals surface area (Å²) in [5, 5.41) is 8.60. The quantitative estimate of drug-likeness (QED) is 0.854. The van der Waals surface area contributed by atoms with E-state index in [0.717, 1.165) is 4.31 Å². The summed E-state index contributed by atoms with van der Waals surface area (Å²) < 4.78 is 36.2. The highest BCUT2D eigenvalue weighted by Crippen LogP contribution is 2.32. The van der Waals surface area contributed by atoms with Crippen LogP contribution >= 0.6 is 0 Å².